The van der Waals surface area contributed by atoms with Gasteiger partial charge < -0.3 is 33.2 Å². The van der Waals surface area contributed by atoms with Gasteiger partial charge in [-0.2, -0.15) is 12.6 Å². The Morgan fingerprint density at radius 2 is 1.33 bits per heavy atom. The first kappa shape index (κ1) is 26.1. The van der Waals surface area contributed by atoms with Crippen LogP contribution in [0.3, 0.4) is 0 Å². The summed E-state index contributed by atoms with van der Waals surface area (Å²) in [6, 6.07) is 0. The van der Waals surface area contributed by atoms with Crippen LogP contribution in [0.15, 0.2) is 0 Å². The van der Waals surface area contributed by atoms with E-state index in [0.717, 1.165) is 20.8 Å². The summed E-state index contributed by atoms with van der Waals surface area (Å²) in [4.78, 5) is 46.2. The van der Waals surface area contributed by atoms with Crippen LogP contribution in [0, 0.1) is 0 Å². The van der Waals surface area contributed by atoms with E-state index in [1.165, 1.54) is 6.92 Å². The van der Waals surface area contributed by atoms with Gasteiger partial charge in [0.05, 0.1) is 19.8 Å². The molecule has 5 atom stereocenters. The predicted molar refractivity (Wildman–Crippen MR) is 103 cm³/mol. The van der Waals surface area contributed by atoms with Gasteiger partial charge in [0.15, 0.2) is 24.6 Å². The number of carbonyl (C=O) groups is 4. The minimum atomic E-state index is -1.26. The van der Waals surface area contributed by atoms with Gasteiger partial charge in [0.25, 0.3) is 0 Å². The third-order valence-corrected chi connectivity index (χ3v) is 3.88. The van der Waals surface area contributed by atoms with E-state index in [1.807, 2.05) is 0 Å². The van der Waals surface area contributed by atoms with Crippen LogP contribution < -0.4 is 0 Å². The lowest BCUT2D eigenvalue weighted by Gasteiger charge is -2.44. The Morgan fingerprint density at radius 1 is 0.767 bits per heavy atom. The summed E-state index contributed by atoms with van der Waals surface area (Å²) in [5.74, 6) is -2.17. The minimum absolute atomic E-state index is 0.0571. The maximum Gasteiger partial charge on any atom is 0.303 e. The summed E-state index contributed by atoms with van der Waals surface area (Å²) in [7, 11) is 0. The first-order valence-corrected chi connectivity index (χ1v) is 9.89. The van der Waals surface area contributed by atoms with E-state index in [9.17, 15) is 19.2 Å². The number of ether oxygens (including phenoxy) is 7. The van der Waals surface area contributed by atoms with Gasteiger partial charge in [-0.1, -0.05) is 0 Å². The van der Waals surface area contributed by atoms with Gasteiger partial charge in [0, 0.05) is 33.4 Å². The van der Waals surface area contributed by atoms with Crippen molar-refractivity contribution >= 4 is 36.5 Å². The van der Waals surface area contributed by atoms with Crippen LogP contribution in [-0.2, 0) is 52.3 Å². The van der Waals surface area contributed by atoms with Crippen molar-refractivity contribution in [3.05, 3.63) is 0 Å². The van der Waals surface area contributed by atoms with Crippen LogP contribution >= 0.6 is 12.6 Å². The number of thiol groups is 1. The van der Waals surface area contributed by atoms with Gasteiger partial charge in [0.1, 0.15) is 12.7 Å². The van der Waals surface area contributed by atoms with Crippen molar-refractivity contribution in [1.29, 1.82) is 0 Å². The molecule has 0 aromatic heterocycles. The Bertz CT molecular complexity index is 597. The highest BCUT2D eigenvalue weighted by molar-refractivity contribution is 7.80. The molecular weight excluding hydrogens is 424 g/mol. The molecule has 1 heterocycles. The first-order chi connectivity index (χ1) is 14.1. The topological polar surface area (TPSA) is 133 Å². The highest BCUT2D eigenvalue weighted by Crippen LogP contribution is 2.29. The highest BCUT2D eigenvalue weighted by Gasteiger charge is 2.52. The van der Waals surface area contributed by atoms with Crippen molar-refractivity contribution in [3.63, 3.8) is 0 Å². The lowest BCUT2D eigenvalue weighted by atomic mass is 9.98. The molecule has 0 aromatic rings. The molecule has 30 heavy (non-hydrogen) atoms. The molecule has 0 bridgehead atoms. The van der Waals surface area contributed by atoms with Crippen molar-refractivity contribution in [3.8, 4) is 0 Å². The van der Waals surface area contributed by atoms with E-state index in [4.69, 9.17) is 33.2 Å². The molecule has 1 fully saturated rings. The summed E-state index contributed by atoms with van der Waals surface area (Å²) in [6.07, 6.45) is -5.96. The molecule has 0 unspecified atom stereocenters. The van der Waals surface area contributed by atoms with Crippen LogP contribution in [0.2, 0.25) is 0 Å². The fraction of sp³-hybridized carbons (Fsp3) is 0.778. The zero-order valence-electron chi connectivity index (χ0n) is 17.4. The summed E-state index contributed by atoms with van der Waals surface area (Å²) >= 11 is 4.03. The van der Waals surface area contributed by atoms with E-state index in [2.05, 4.69) is 12.6 Å². The molecule has 11 nitrogen and oxygen atoms in total. The second-order valence-electron chi connectivity index (χ2n) is 6.27. The van der Waals surface area contributed by atoms with Crippen LogP contribution in [0.25, 0.3) is 0 Å². The number of carbonyl (C=O) groups excluding carboxylic acids is 4. The molecule has 0 saturated carbocycles. The lowest BCUT2D eigenvalue weighted by Crippen LogP contribution is -2.63. The predicted octanol–water partition coefficient (Wildman–Crippen LogP) is 0.0325. The summed E-state index contributed by atoms with van der Waals surface area (Å²) < 4.78 is 37.5. The van der Waals surface area contributed by atoms with Gasteiger partial charge >= 0.3 is 23.9 Å². The molecule has 1 aliphatic rings. The van der Waals surface area contributed by atoms with Crippen molar-refractivity contribution in [1.82, 2.24) is 0 Å². The van der Waals surface area contributed by atoms with Crippen molar-refractivity contribution < 1.29 is 52.3 Å². The summed E-state index contributed by atoms with van der Waals surface area (Å²) in [5, 5.41) is 0. The van der Waals surface area contributed by atoms with E-state index >= 15 is 0 Å². The Kier molecular flexibility index (Phi) is 11.7. The fourth-order valence-corrected chi connectivity index (χ4v) is 2.84. The number of rotatable bonds is 11. The lowest BCUT2D eigenvalue weighted by molar-refractivity contribution is -0.309. The fourth-order valence-electron chi connectivity index (χ4n) is 2.71. The average Bonchev–Trinajstić information content (AvgIpc) is 2.63. The zero-order valence-corrected chi connectivity index (χ0v) is 18.3. The SMILES string of the molecule is CC(=O)OC[C@H]1O[C@@H](OCCOCCS)[C@H](OC(C)=O)[C@@H](OC(C)=O)[C@H]1OC(C)=O. The Morgan fingerprint density at radius 3 is 1.87 bits per heavy atom. The second-order valence-corrected chi connectivity index (χ2v) is 6.72. The van der Waals surface area contributed by atoms with Crippen LogP contribution in [0.5, 0.6) is 0 Å². The summed E-state index contributed by atoms with van der Waals surface area (Å²) in [6.45, 7) is 5.00. The molecule has 0 aliphatic carbocycles. The number of hydrogen-bond acceptors (Lipinski definition) is 12. The molecule has 172 valence electrons. The van der Waals surface area contributed by atoms with Crippen LogP contribution in [0.1, 0.15) is 27.7 Å². The molecule has 12 heteroatoms. The standard InChI is InChI=1S/C18H28O11S/c1-10(19)25-9-14-15(26-11(2)20)16(27-12(3)21)17(28-13(4)22)18(29-14)24-6-5-23-7-8-30/h14-18,30H,5-9H2,1-4H3/t14-,15+,16+,17-,18-/m1/s1. The Labute approximate surface area is 180 Å². The minimum Gasteiger partial charge on any atom is -0.463 e. The quantitative estimate of drug-likeness (QED) is 0.197. The van der Waals surface area contributed by atoms with Gasteiger partial charge in [0.2, 0.25) is 0 Å². The third-order valence-electron chi connectivity index (χ3n) is 3.69. The highest BCUT2D eigenvalue weighted by atomic mass is 32.1. The van der Waals surface area contributed by atoms with Crippen LogP contribution in [0.4, 0.5) is 0 Å². The molecule has 1 rings (SSSR count). The van der Waals surface area contributed by atoms with E-state index in [1.54, 1.807) is 0 Å². The smallest absolute Gasteiger partial charge is 0.303 e. The maximum atomic E-state index is 11.7. The molecule has 1 aliphatic heterocycles. The zero-order chi connectivity index (χ0) is 22.7. The molecule has 0 amide bonds. The maximum absolute atomic E-state index is 11.7. The molecule has 1 saturated heterocycles. The molecule has 0 radical (unpaired) electrons. The van der Waals surface area contributed by atoms with E-state index in [-0.39, 0.29) is 19.8 Å². The number of esters is 4. The molecule has 0 aromatic carbocycles. The monoisotopic (exact) mass is 452 g/mol. The van der Waals surface area contributed by atoms with Gasteiger partial charge in [-0.25, -0.2) is 0 Å². The number of hydrogen-bond donors (Lipinski definition) is 1. The van der Waals surface area contributed by atoms with E-state index < -0.39 is 54.6 Å². The second kappa shape index (κ2) is 13.4. The summed E-state index contributed by atoms with van der Waals surface area (Å²) in [5.41, 5.74) is 0. The van der Waals surface area contributed by atoms with Gasteiger partial charge in [-0.3, -0.25) is 19.2 Å². The molecule has 0 N–H and O–H groups in total. The third kappa shape index (κ3) is 9.28. The first-order valence-electron chi connectivity index (χ1n) is 9.26. The van der Waals surface area contributed by atoms with Crippen molar-refractivity contribution in [2.24, 2.45) is 0 Å². The average molecular weight is 452 g/mol. The normalized spacial score (nSPS) is 25.8. The van der Waals surface area contributed by atoms with Crippen LogP contribution in [-0.4, -0.2) is 86.8 Å². The van der Waals surface area contributed by atoms with Gasteiger partial charge in [-0.15, -0.1) is 0 Å². The Hall–Kier alpha value is -1.89. The van der Waals surface area contributed by atoms with Crippen molar-refractivity contribution in [2.45, 2.75) is 58.4 Å². The largest absolute Gasteiger partial charge is 0.463 e. The van der Waals surface area contributed by atoms with Crippen molar-refractivity contribution in [2.75, 3.05) is 32.2 Å². The molecular formula is C18H28O11S. The Balaban J connectivity index is 3.13. The van der Waals surface area contributed by atoms with E-state index in [0.29, 0.717) is 12.4 Å². The van der Waals surface area contributed by atoms with Gasteiger partial charge in [-0.05, 0) is 0 Å². The molecule has 0 spiro atoms.